The van der Waals surface area contributed by atoms with Gasteiger partial charge in [-0.25, -0.2) is 0 Å². The van der Waals surface area contributed by atoms with Crippen molar-refractivity contribution in [2.45, 2.75) is 24.4 Å². The van der Waals surface area contributed by atoms with Gasteiger partial charge in [-0.3, -0.25) is 9.78 Å². The van der Waals surface area contributed by atoms with Gasteiger partial charge in [0.25, 0.3) is 5.91 Å². The summed E-state index contributed by atoms with van der Waals surface area (Å²) >= 11 is 6.39. The second kappa shape index (κ2) is 9.31. The van der Waals surface area contributed by atoms with Crippen molar-refractivity contribution in [3.05, 3.63) is 52.9 Å². The first-order valence-corrected chi connectivity index (χ1v) is 12.4. The van der Waals surface area contributed by atoms with Crippen LogP contribution in [0.1, 0.15) is 28.9 Å². The molecule has 3 aromatic rings. The highest BCUT2D eigenvalue weighted by Gasteiger charge is 2.51. The van der Waals surface area contributed by atoms with E-state index >= 15 is 0 Å². The Morgan fingerprint density at radius 1 is 1.28 bits per heavy atom. The number of carbonyl (C=O) groups excluding carboxylic acids is 1. The third kappa shape index (κ3) is 4.07. The lowest BCUT2D eigenvalue weighted by atomic mass is 9.93. The quantitative estimate of drug-likeness (QED) is 0.440. The van der Waals surface area contributed by atoms with Gasteiger partial charge in [0.1, 0.15) is 18.5 Å². The molecule has 1 saturated carbocycles. The highest BCUT2D eigenvalue weighted by Crippen LogP contribution is 2.54. The molecule has 4 heterocycles. The SMILES string of the molecule is COc1c(Cl)cccc1Nc1c(-c2ccncc2OC[C@H]2COCCO2)[nH]c2c1C(=O)NCC21CC1. The van der Waals surface area contributed by atoms with E-state index in [2.05, 4.69) is 20.6 Å². The number of hydrogen-bond acceptors (Lipinski definition) is 7. The first-order valence-electron chi connectivity index (χ1n) is 12.0. The van der Waals surface area contributed by atoms with Gasteiger partial charge in [0.05, 0.1) is 60.8 Å². The van der Waals surface area contributed by atoms with E-state index in [1.54, 1.807) is 25.6 Å². The van der Waals surface area contributed by atoms with Gasteiger partial charge in [-0.05, 0) is 31.0 Å². The lowest BCUT2D eigenvalue weighted by Gasteiger charge is -2.23. The molecule has 1 saturated heterocycles. The van der Waals surface area contributed by atoms with Gasteiger partial charge >= 0.3 is 0 Å². The molecule has 0 bridgehead atoms. The number of pyridine rings is 1. The average molecular weight is 511 g/mol. The Bertz CT molecular complexity index is 1300. The second-order valence-corrected chi connectivity index (χ2v) is 9.69. The molecular weight excluding hydrogens is 484 g/mol. The van der Waals surface area contributed by atoms with Crippen molar-refractivity contribution in [2.24, 2.45) is 0 Å². The van der Waals surface area contributed by atoms with Crippen LogP contribution in [0.15, 0.2) is 36.7 Å². The molecule has 0 radical (unpaired) electrons. The normalized spacial score (nSPS) is 19.9. The number of methoxy groups -OCH3 is 1. The highest BCUT2D eigenvalue weighted by atomic mass is 35.5. The van der Waals surface area contributed by atoms with Crippen molar-refractivity contribution in [1.82, 2.24) is 15.3 Å². The molecular formula is C26H27ClN4O5. The first-order chi connectivity index (χ1) is 17.6. The number of halogens is 1. The molecule has 1 spiro atoms. The van der Waals surface area contributed by atoms with Crippen LogP contribution >= 0.6 is 11.6 Å². The van der Waals surface area contributed by atoms with E-state index in [0.717, 1.165) is 29.8 Å². The van der Waals surface area contributed by atoms with Crippen LogP contribution in [0.5, 0.6) is 11.5 Å². The fourth-order valence-corrected chi connectivity index (χ4v) is 5.17. The van der Waals surface area contributed by atoms with Gasteiger partial charge in [0, 0.05) is 29.4 Å². The number of benzene rings is 1. The smallest absolute Gasteiger partial charge is 0.255 e. The summed E-state index contributed by atoms with van der Waals surface area (Å²) in [5, 5.41) is 6.99. The Morgan fingerprint density at radius 3 is 2.94 bits per heavy atom. The molecule has 1 atom stereocenters. The molecule has 2 aliphatic heterocycles. The predicted molar refractivity (Wildman–Crippen MR) is 135 cm³/mol. The van der Waals surface area contributed by atoms with Crippen LogP contribution in [0.25, 0.3) is 11.3 Å². The fraction of sp³-hybridized carbons (Fsp3) is 0.385. The van der Waals surface area contributed by atoms with E-state index < -0.39 is 0 Å². The number of nitrogens with one attached hydrogen (secondary N) is 3. The number of rotatable bonds is 7. The van der Waals surface area contributed by atoms with Gasteiger partial charge in [-0.15, -0.1) is 0 Å². The molecule has 1 aromatic carbocycles. The summed E-state index contributed by atoms with van der Waals surface area (Å²) in [4.78, 5) is 21.1. The average Bonchev–Trinajstić information content (AvgIpc) is 3.58. The Hall–Kier alpha value is -3.27. The van der Waals surface area contributed by atoms with Gasteiger partial charge in [0.2, 0.25) is 0 Å². The van der Waals surface area contributed by atoms with E-state index in [1.165, 1.54) is 0 Å². The maximum atomic E-state index is 13.2. The Balaban J connectivity index is 1.44. The molecule has 3 aliphatic rings. The summed E-state index contributed by atoms with van der Waals surface area (Å²) in [6.45, 7) is 2.57. The number of aromatic amines is 1. The Kier molecular flexibility index (Phi) is 5.99. The number of ether oxygens (including phenoxy) is 4. The maximum Gasteiger partial charge on any atom is 0.255 e. The number of amides is 1. The molecule has 0 unspecified atom stereocenters. The Labute approximate surface area is 213 Å². The van der Waals surface area contributed by atoms with Crippen LogP contribution in [-0.2, 0) is 14.9 Å². The van der Waals surface area contributed by atoms with Crippen molar-refractivity contribution in [3.63, 3.8) is 0 Å². The van der Waals surface area contributed by atoms with Gasteiger partial charge in [-0.2, -0.15) is 0 Å². The summed E-state index contributed by atoms with van der Waals surface area (Å²) in [6, 6.07) is 7.34. The van der Waals surface area contributed by atoms with Crippen LogP contribution in [0.3, 0.4) is 0 Å². The number of hydrogen-bond donors (Lipinski definition) is 3. The third-order valence-corrected chi connectivity index (χ3v) is 7.29. The molecule has 1 amide bonds. The van der Waals surface area contributed by atoms with Crippen molar-refractivity contribution in [1.29, 1.82) is 0 Å². The monoisotopic (exact) mass is 510 g/mol. The van der Waals surface area contributed by atoms with E-state index in [9.17, 15) is 4.79 Å². The summed E-state index contributed by atoms with van der Waals surface area (Å²) in [6.07, 6.45) is 5.25. The van der Waals surface area contributed by atoms with E-state index in [4.69, 9.17) is 30.5 Å². The van der Waals surface area contributed by atoms with Gasteiger partial charge < -0.3 is 34.6 Å². The number of para-hydroxylation sites is 1. The van der Waals surface area contributed by atoms with Crippen molar-refractivity contribution < 1.29 is 23.7 Å². The first kappa shape index (κ1) is 23.1. The molecule has 9 nitrogen and oxygen atoms in total. The molecule has 3 N–H and O–H groups in total. The minimum atomic E-state index is -0.155. The molecule has 10 heteroatoms. The van der Waals surface area contributed by atoms with Crippen LogP contribution in [0, 0.1) is 0 Å². The molecule has 1 aliphatic carbocycles. The van der Waals surface area contributed by atoms with E-state index in [1.807, 2.05) is 18.2 Å². The third-order valence-electron chi connectivity index (χ3n) is 6.99. The lowest BCUT2D eigenvalue weighted by molar-refractivity contribution is -0.101. The topological polar surface area (TPSA) is 107 Å². The van der Waals surface area contributed by atoms with Crippen molar-refractivity contribution in [3.8, 4) is 22.8 Å². The van der Waals surface area contributed by atoms with Gasteiger partial charge in [0.15, 0.2) is 5.75 Å². The van der Waals surface area contributed by atoms with Crippen LogP contribution < -0.4 is 20.1 Å². The molecule has 36 heavy (non-hydrogen) atoms. The van der Waals surface area contributed by atoms with E-state index in [-0.39, 0.29) is 17.4 Å². The van der Waals surface area contributed by atoms with Crippen molar-refractivity contribution in [2.75, 3.05) is 45.4 Å². The van der Waals surface area contributed by atoms with Gasteiger partial charge in [-0.1, -0.05) is 17.7 Å². The molecule has 188 valence electrons. The number of anilines is 2. The van der Waals surface area contributed by atoms with Crippen LogP contribution in [0.4, 0.5) is 11.4 Å². The molecule has 2 aromatic heterocycles. The zero-order chi connectivity index (χ0) is 24.7. The van der Waals surface area contributed by atoms with Crippen molar-refractivity contribution >= 4 is 28.9 Å². The Morgan fingerprint density at radius 2 is 2.17 bits per heavy atom. The van der Waals surface area contributed by atoms with E-state index in [0.29, 0.717) is 66.4 Å². The summed E-state index contributed by atoms with van der Waals surface area (Å²) in [7, 11) is 1.57. The highest BCUT2D eigenvalue weighted by molar-refractivity contribution is 6.32. The number of fused-ring (bicyclic) bond motifs is 2. The number of H-pyrrole nitrogens is 1. The maximum absolute atomic E-state index is 13.2. The van der Waals surface area contributed by atoms with Crippen LogP contribution in [-0.4, -0.2) is 62.1 Å². The molecule has 6 rings (SSSR count). The minimum absolute atomic E-state index is 0.0718. The zero-order valence-electron chi connectivity index (χ0n) is 19.9. The minimum Gasteiger partial charge on any atom is -0.493 e. The fourth-order valence-electron chi connectivity index (χ4n) is 4.92. The second-order valence-electron chi connectivity index (χ2n) is 9.28. The summed E-state index contributed by atoms with van der Waals surface area (Å²) in [5.74, 6) is 0.951. The molecule has 2 fully saturated rings. The number of carbonyl (C=O) groups is 1. The largest absolute Gasteiger partial charge is 0.493 e. The predicted octanol–water partition coefficient (Wildman–Crippen LogP) is 4.05. The number of nitrogens with zero attached hydrogens (tertiary/aromatic N) is 1. The zero-order valence-corrected chi connectivity index (χ0v) is 20.6. The summed E-state index contributed by atoms with van der Waals surface area (Å²) in [5.41, 5.74) is 4.28. The number of aromatic nitrogens is 2. The van der Waals surface area contributed by atoms with Crippen LogP contribution in [0.2, 0.25) is 5.02 Å². The lowest BCUT2D eigenvalue weighted by Crippen LogP contribution is -2.39. The summed E-state index contributed by atoms with van der Waals surface area (Å²) < 4.78 is 22.9. The standard InChI is InChI=1S/C26H27ClN4O5/c1-33-23-17(27)3-2-4-18(23)30-22-20-24(26(6-7-26)14-29-25(20)32)31-21(22)16-5-8-28-11-19(16)36-13-15-12-34-9-10-35-15/h2-5,8,11,15,30-31H,6-7,9-10,12-14H2,1H3,(H,29,32)/t15-/m1/s1.